The van der Waals surface area contributed by atoms with Crippen molar-refractivity contribution in [1.82, 2.24) is 0 Å². The molecule has 234 valence electrons. The van der Waals surface area contributed by atoms with Gasteiger partial charge < -0.3 is 4.74 Å². The van der Waals surface area contributed by atoms with E-state index in [2.05, 4.69) is 88.8 Å². The first-order valence-electron chi connectivity index (χ1n) is 16.2. The summed E-state index contributed by atoms with van der Waals surface area (Å²) in [4.78, 5) is 0. The molecule has 0 aromatic heterocycles. The van der Waals surface area contributed by atoms with E-state index in [1.165, 1.54) is 0 Å². The highest BCUT2D eigenvalue weighted by Crippen LogP contribution is 2.64. The van der Waals surface area contributed by atoms with Gasteiger partial charge >= 0.3 is 6.18 Å². The number of rotatable bonds is 20. The lowest BCUT2D eigenvalue weighted by Gasteiger charge is -2.59. The highest BCUT2D eigenvalue weighted by Gasteiger charge is 2.60. The second-order valence-corrected chi connectivity index (χ2v) is 13.7. The molecule has 0 radical (unpaired) electrons. The van der Waals surface area contributed by atoms with E-state index in [4.69, 9.17) is 4.74 Å². The lowest BCUT2D eigenvalue weighted by atomic mass is 9.48. The van der Waals surface area contributed by atoms with Crippen LogP contribution in [0.4, 0.5) is 13.2 Å². The van der Waals surface area contributed by atoms with Crippen molar-refractivity contribution in [1.29, 1.82) is 0 Å². The maximum atomic E-state index is 14.7. The summed E-state index contributed by atoms with van der Waals surface area (Å²) in [5, 5.41) is 0. The van der Waals surface area contributed by atoms with Crippen molar-refractivity contribution in [3.8, 4) is 0 Å². The molecule has 0 rings (SSSR count). The van der Waals surface area contributed by atoms with E-state index in [-0.39, 0.29) is 35.5 Å². The molecule has 3 unspecified atom stereocenters. The van der Waals surface area contributed by atoms with Gasteiger partial charge in [0.15, 0.2) is 0 Å². The fourth-order valence-electron chi connectivity index (χ4n) is 7.77. The maximum absolute atomic E-state index is 14.7. The Kier molecular flexibility index (Phi) is 14.4. The molecular formula is C35H67F3O. The van der Waals surface area contributed by atoms with E-state index < -0.39 is 22.6 Å². The molecular weight excluding hydrogens is 493 g/mol. The second-order valence-electron chi connectivity index (χ2n) is 13.7. The zero-order valence-electron chi connectivity index (χ0n) is 28.4. The monoisotopic (exact) mass is 561 g/mol. The summed E-state index contributed by atoms with van der Waals surface area (Å²) in [6, 6.07) is 0. The smallest absolute Gasteiger partial charge is 0.374 e. The zero-order chi connectivity index (χ0) is 31.0. The van der Waals surface area contributed by atoms with Gasteiger partial charge in [-0.15, -0.1) is 6.58 Å². The van der Waals surface area contributed by atoms with Gasteiger partial charge in [-0.1, -0.05) is 109 Å². The third-order valence-electron chi connectivity index (χ3n) is 12.7. The standard InChI is InChI=1S/C35H67F3O/c1-15-29(12,13)28(11)25-39-34(23-9,24-10)32(19-5,20-6)26-30(14,16-2)31(17-3,18-4)27-33(21-7,22-8)35(36,37)38/h19,28H,5,15-18,20-27H2,1-4,6-14H3. The highest BCUT2D eigenvalue weighted by molar-refractivity contribution is 5.13. The number of alkyl halides is 3. The molecule has 0 spiro atoms. The molecule has 0 aromatic carbocycles. The topological polar surface area (TPSA) is 9.23 Å². The summed E-state index contributed by atoms with van der Waals surface area (Å²) in [6.07, 6.45) is 5.05. The van der Waals surface area contributed by atoms with Crippen molar-refractivity contribution >= 4 is 0 Å². The van der Waals surface area contributed by atoms with E-state index in [1.54, 1.807) is 13.8 Å². The predicted octanol–water partition coefficient (Wildman–Crippen LogP) is 12.6. The fourth-order valence-corrected chi connectivity index (χ4v) is 7.77. The number of hydrogen-bond acceptors (Lipinski definition) is 1. The van der Waals surface area contributed by atoms with Gasteiger partial charge in [-0.3, -0.25) is 0 Å². The Hall–Kier alpha value is -0.510. The average molecular weight is 561 g/mol. The van der Waals surface area contributed by atoms with E-state index in [9.17, 15) is 13.2 Å². The summed E-state index contributed by atoms with van der Waals surface area (Å²) in [5.41, 5.74) is -3.00. The van der Waals surface area contributed by atoms with Crippen LogP contribution in [0.1, 0.15) is 161 Å². The van der Waals surface area contributed by atoms with Crippen molar-refractivity contribution in [2.75, 3.05) is 6.61 Å². The Bertz CT molecular complexity index is 712. The fraction of sp³-hybridized carbons (Fsp3) is 0.943. The molecule has 0 aliphatic carbocycles. The molecule has 0 amide bonds. The van der Waals surface area contributed by atoms with Gasteiger partial charge in [0.2, 0.25) is 0 Å². The van der Waals surface area contributed by atoms with Crippen LogP contribution in [-0.2, 0) is 4.74 Å². The molecule has 0 aliphatic rings. The second kappa shape index (κ2) is 14.6. The molecule has 0 saturated heterocycles. The molecule has 0 N–H and O–H groups in total. The number of hydrogen-bond donors (Lipinski definition) is 0. The minimum atomic E-state index is -4.22. The Balaban J connectivity index is 6.98. The van der Waals surface area contributed by atoms with Crippen LogP contribution in [0.25, 0.3) is 0 Å². The van der Waals surface area contributed by atoms with Gasteiger partial charge in [-0.25, -0.2) is 0 Å². The largest absolute Gasteiger partial charge is 0.394 e. The maximum Gasteiger partial charge on any atom is 0.394 e. The van der Waals surface area contributed by atoms with Gasteiger partial charge in [-0.2, -0.15) is 13.2 Å². The van der Waals surface area contributed by atoms with Crippen LogP contribution in [-0.4, -0.2) is 18.4 Å². The van der Waals surface area contributed by atoms with Gasteiger partial charge in [0, 0.05) is 5.41 Å². The third-order valence-corrected chi connectivity index (χ3v) is 12.7. The van der Waals surface area contributed by atoms with Crippen molar-refractivity contribution in [2.45, 2.75) is 172 Å². The summed E-state index contributed by atoms with van der Waals surface area (Å²) < 4.78 is 51.2. The first-order chi connectivity index (χ1) is 17.9. The molecule has 3 atom stereocenters. The van der Waals surface area contributed by atoms with Crippen LogP contribution < -0.4 is 0 Å². The lowest BCUT2D eigenvalue weighted by Crippen LogP contribution is -2.55. The first kappa shape index (κ1) is 38.5. The Morgan fingerprint density at radius 2 is 1.10 bits per heavy atom. The van der Waals surface area contributed by atoms with Crippen molar-refractivity contribution in [3.63, 3.8) is 0 Å². The van der Waals surface area contributed by atoms with E-state index in [0.29, 0.717) is 12.5 Å². The Morgan fingerprint density at radius 3 is 1.38 bits per heavy atom. The lowest BCUT2D eigenvalue weighted by molar-refractivity contribution is -0.247. The minimum Gasteiger partial charge on any atom is -0.374 e. The molecule has 0 bridgehead atoms. The van der Waals surface area contributed by atoms with Crippen LogP contribution >= 0.6 is 0 Å². The minimum absolute atomic E-state index is 0.122. The Labute approximate surface area is 242 Å². The molecule has 0 fully saturated rings. The summed E-state index contributed by atoms with van der Waals surface area (Å²) >= 11 is 0. The molecule has 0 saturated carbocycles. The third kappa shape index (κ3) is 7.29. The van der Waals surface area contributed by atoms with Crippen LogP contribution in [0.5, 0.6) is 0 Å². The van der Waals surface area contributed by atoms with Gasteiger partial charge in [-0.05, 0) is 80.0 Å². The highest BCUT2D eigenvalue weighted by atomic mass is 19.4. The van der Waals surface area contributed by atoms with Crippen LogP contribution in [0, 0.1) is 33.0 Å². The van der Waals surface area contributed by atoms with Gasteiger partial charge in [0.05, 0.1) is 17.6 Å². The van der Waals surface area contributed by atoms with Crippen LogP contribution in [0.2, 0.25) is 0 Å². The molecule has 0 aliphatic heterocycles. The average Bonchev–Trinajstić information content (AvgIpc) is 2.92. The Morgan fingerprint density at radius 1 is 0.641 bits per heavy atom. The molecule has 0 heterocycles. The van der Waals surface area contributed by atoms with Crippen molar-refractivity contribution in [2.24, 2.45) is 33.0 Å². The predicted molar refractivity (Wildman–Crippen MR) is 165 cm³/mol. The normalized spacial score (nSPS) is 17.9. The quantitative estimate of drug-likeness (QED) is 0.135. The summed E-state index contributed by atoms with van der Waals surface area (Å²) in [7, 11) is 0. The van der Waals surface area contributed by atoms with Crippen molar-refractivity contribution in [3.05, 3.63) is 12.7 Å². The summed E-state index contributed by atoms with van der Waals surface area (Å²) in [6.45, 7) is 33.0. The van der Waals surface area contributed by atoms with E-state index in [0.717, 1.165) is 51.4 Å². The molecule has 4 heteroatoms. The first-order valence-corrected chi connectivity index (χ1v) is 16.2. The number of halogens is 3. The molecule has 39 heavy (non-hydrogen) atoms. The van der Waals surface area contributed by atoms with Crippen molar-refractivity contribution < 1.29 is 17.9 Å². The van der Waals surface area contributed by atoms with Gasteiger partial charge in [0.25, 0.3) is 0 Å². The molecule has 1 nitrogen and oxygen atoms in total. The zero-order valence-corrected chi connectivity index (χ0v) is 28.4. The summed E-state index contributed by atoms with van der Waals surface area (Å²) in [5.74, 6) is 0.392. The SMILES string of the molecule is C=CC(CC)(CC(C)(CC)C(CC)(CC)CC(CC)(CC)C(F)(F)F)C(CC)(CC)OCC(C)C(C)(C)CC. The van der Waals surface area contributed by atoms with E-state index in [1.807, 2.05) is 0 Å². The van der Waals surface area contributed by atoms with E-state index >= 15 is 0 Å². The van der Waals surface area contributed by atoms with Crippen LogP contribution in [0.3, 0.4) is 0 Å². The van der Waals surface area contributed by atoms with Crippen LogP contribution in [0.15, 0.2) is 12.7 Å². The number of ether oxygens (including phenoxy) is 1. The van der Waals surface area contributed by atoms with Gasteiger partial charge in [0.1, 0.15) is 0 Å². The molecule has 0 aromatic rings.